The zero-order chi connectivity index (χ0) is 18.7. The molecule has 1 saturated heterocycles. The van der Waals surface area contributed by atoms with Gasteiger partial charge in [-0.2, -0.15) is 0 Å². The van der Waals surface area contributed by atoms with E-state index in [0.717, 1.165) is 18.7 Å². The highest BCUT2D eigenvalue weighted by molar-refractivity contribution is 6.06. The number of anilines is 1. The molecule has 0 saturated carbocycles. The zero-order valence-corrected chi connectivity index (χ0v) is 13.7. The summed E-state index contributed by atoms with van der Waals surface area (Å²) in [5.41, 5.74) is -0.523. The molecule has 1 aliphatic rings. The molecule has 134 valence electrons. The van der Waals surface area contributed by atoms with E-state index in [1.54, 1.807) is 30.3 Å². The van der Waals surface area contributed by atoms with Gasteiger partial charge in [-0.15, -0.1) is 0 Å². The number of nitro groups is 2. The molecule has 1 atom stereocenters. The average molecular weight is 356 g/mol. The lowest BCUT2D eigenvalue weighted by atomic mass is 10.1. The molecule has 1 amide bonds. The van der Waals surface area contributed by atoms with Crippen molar-refractivity contribution in [1.29, 1.82) is 0 Å². The van der Waals surface area contributed by atoms with Gasteiger partial charge in [-0.1, -0.05) is 18.2 Å². The van der Waals surface area contributed by atoms with Gasteiger partial charge in [-0.3, -0.25) is 25.0 Å². The smallest absolute Gasteiger partial charge is 0.315 e. The fraction of sp³-hybridized carbons (Fsp3) is 0.235. The van der Waals surface area contributed by atoms with Gasteiger partial charge in [-0.25, -0.2) is 0 Å². The van der Waals surface area contributed by atoms with Gasteiger partial charge in [0.15, 0.2) is 0 Å². The van der Waals surface area contributed by atoms with E-state index in [9.17, 15) is 25.0 Å². The van der Waals surface area contributed by atoms with Crippen LogP contribution in [0.5, 0.6) is 0 Å². The standard InChI is InChI=1S/C17H16N4O5/c22-17(12-4-2-1-3-5-12)19(14-8-9-18-11-14)13-6-7-15(20(23)24)16(10-13)21(25)26/h1-7,10,14,18H,8-9,11H2. The van der Waals surface area contributed by atoms with Crippen molar-refractivity contribution >= 4 is 23.0 Å². The minimum Gasteiger partial charge on any atom is -0.315 e. The maximum atomic E-state index is 13.0. The molecular weight excluding hydrogens is 340 g/mol. The van der Waals surface area contributed by atoms with Crippen LogP contribution in [0.1, 0.15) is 16.8 Å². The average Bonchev–Trinajstić information content (AvgIpc) is 3.16. The Morgan fingerprint density at radius 3 is 2.31 bits per heavy atom. The molecule has 9 nitrogen and oxygen atoms in total. The van der Waals surface area contributed by atoms with E-state index in [4.69, 9.17) is 0 Å². The highest BCUT2D eigenvalue weighted by atomic mass is 16.6. The summed E-state index contributed by atoms with van der Waals surface area (Å²) in [5, 5.41) is 25.4. The largest absolute Gasteiger partial charge is 0.348 e. The van der Waals surface area contributed by atoms with Crippen molar-refractivity contribution in [2.45, 2.75) is 12.5 Å². The number of nitro benzene ring substituents is 2. The number of carbonyl (C=O) groups is 1. The predicted molar refractivity (Wildman–Crippen MR) is 94.3 cm³/mol. The highest BCUT2D eigenvalue weighted by Gasteiger charge is 2.32. The summed E-state index contributed by atoms with van der Waals surface area (Å²) in [6, 6.07) is 11.9. The normalized spacial score (nSPS) is 16.2. The van der Waals surface area contributed by atoms with Crippen molar-refractivity contribution in [2.75, 3.05) is 18.0 Å². The summed E-state index contributed by atoms with van der Waals surface area (Å²) >= 11 is 0. The van der Waals surface area contributed by atoms with Crippen LogP contribution in [0.4, 0.5) is 17.1 Å². The summed E-state index contributed by atoms with van der Waals surface area (Å²) in [7, 11) is 0. The van der Waals surface area contributed by atoms with E-state index in [0.29, 0.717) is 18.5 Å². The first-order valence-electron chi connectivity index (χ1n) is 8.01. The van der Waals surface area contributed by atoms with Crippen molar-refractivity contribution in [2.24, 2.45) is 0 Å². The highest BCUT2D eigenvalue weighted by Crippen LogP contribution is 2.33. The molecule has 0 aromatic heterocycles. The van der Waals surface area contributed by atoms with Gasteiger partial charge in [0.1, 0.15) is 0 Å². The Bertz CT molecular complexity index is 849. The van der Waals surface area contributed by atoms with Crippen LogP contribution in [0.25, 0.3) is 0 Å². The molecule has 1 unspecified atom stereocenters. The first-order valence-corrected chi connectivity index (χ1v) is 8.01. The molecule has 0 bridgehead atoms. The third-order valence-electron chi connectivity index (χ3n) is 4.27. The molecular formula is C17H16N4O5. The monoisotopic (exact) mass is 356 g/mol. The summed E-state index contributed by atoms with van der Waals surface area (Å²) < 4.78 is 0. The molecule has 1 aliphatic heterocycles. The molecule has 0 aliphatic carbocycles. The van der Waals surface area contributed by atoms with Crippen LogP contribution in [-0.2, 0) is 0 Å². The second-order valence-electron chi connectivity index (χ2n) is 5.88. The number of carbonyl (C=O) groups excluding carboxylic acids is 1. The molecule has 9 heteroatoms. The lowest BCUT2D eigenvalue weighted by Gasteiger charge is -2.28. The Kier molecular flexibility index (Phi) is 4.90. The molecule has 1 N–H and O–H groups in total. The van der Waals surface area contributed by atoms with Crippen molar-refractivity contribution < 1.29 is 14.6 Å². The molecule has 1 fully saturated rings. The van der Waals surface area contributed by atoms with Crippen LogP contribution in [0, 0.1) is 20.2 Å². The van der Waals surface area contributed by atoms with Gasteiger partial charge in [0.05, 0.1) is 21.6 Å². The van der Waals surface area contributed by atoms with E-state index in [1.165, 1.54) is 11.0 Å². The summed E-state index contributed by atoms with van der Waals surface area (Å²) in [6.07, 6.45) is 0.684. The van der Waals surface area contributed by atoms with Gasteiger partial charge < -0.3 is 10.2 Å². The quantitative estimate of drug-likeness (QED) is 0.649. The molecule has 0 radical (unpaired) electrons. The number of hydrogen-bond donors (Lipinski definition) is 1. The third-order valence-corrected chi connectivity index (χ3v) is 4.27. The first kappa shape index (κ1) is 17.5. The SMILES string of the molecule is O=C(c1ccccc1)N(c1ccc([N+](=O)[O-])c([N+](=O)[O-])c1)C1CCNC1. The fourth-order valence-corrected chi connectivity index (χ4v) is 3.04. The maximum Gasteiger partial charge on any atom is 0.348 e. The predicted octanol–water partition coefficient (Wildman–Crippen LogP) is 2.51. The number of nitrogens with zero attached hydrogens (tertiary/aromatic N) is 3. The van der Waals surface area contributed by atoms with E-state index in [2.05, 4.69) is 5.32 Å². The number of hydrogen-bond acceptors (Lipinski definition) is 6. The Morgan fingerprint density at radius 1 is 1.04 bits per heavy atom. The van der Waals surface area contributed by atoms with E-state index in [1.807, 2.05) is 0 Å². The van der Waals surface area contributed by atoms with Crippen molar-refractivity contribution in [3.63, 3.8) is 0 Å². The number of amides is 1. The number of rotatable bonds is 5. The van der Waals surface area contributed by atoms with Crippen LogP contribution in [-0.4, -0.2) is 34.9 Å². The molecule has 1 heterocycles. The van der Waals surface area contributed by atoms with E-state index >= 15 is 0 Å². The minimum absolute atomic E-state index is 0.191. The van der Waals surface area contributed by atoms with Crippen molar-refractivity contribution in [3.05, 3.63) is 74.3 Å². The zero-order valence-electron chi connectivity index (χ0n) is 13.7. The Morgan fingerprint density at radius 2 is 1.73 bits per heavy atom. The van der Waals surface area contributed by atoms with Gasteiger partial charge in [0.2, 0.25) is 0 Å². The fourth-order valence-electron chi connectivity index (χ4n) is 3.04. The van der Waals surface area contributed by atoms with Gasteiger partial charge >= 0.3 is 11.4 Å². The van der Waals surface area contributed by atoms with E-state index < -0.39 is 21.2 Å². The number of nitrogens with one attached hydrogen (secondary N) is 1. The van der Waals surface area contributed by atoms with E-state index in [-0.39, 0.29) is 17.6 Å². The minimum atomic E-state index is -0.806. The summed E-state index contributed by atoms with van der Waals surface area (Å²) in [6.45, 7) is 1.27. The summed E-state index contributed by atoms with van der Waals surface area (Å²) in [4.78, 5) is 35.2. The Labute approximate surface area is 148 Å². The topological polar surface area (TPSA) is 119 Å². The molecule has 3 rings (SSSR count). The molecule has 2 aromatic carbocycles. The second kappa shape index (κ2) is 7.28. The van der Waals surface area contributed by atoms with Crippen molar-refractivity contribution in [3.8, 4) is 0 Å². The van der Waals surface area contributed by atoms with Gasteiger partial charge in [-0.05, 0) is 31.2 Å². The second-order valence-corrected chi connectivity index (χ2v) is 5.88. The molecule has 0 spiro atoms. The van der Waals surface area contributed by atoms with Crippen LogP contribution in [0.2, 0.25) is 0 Å². The van der Waals surface area contributed by atoms with Gasteiger partial charge in [0.25, 0.3) is 5.91 Å². The lowest BCUT2D eigenvalue weighted by molar-refractivity contribution is -0.422. The van der Waals surface area contributed by atoms with Crippen LogP contribution in [0.3, 0.4) is 0 Å². The van der Waals surface area contributed by atoms with Gasteiger partial charge in [0, 0.05) is 24.2 Å². The Hall–Kier alpha value is -3.33. The maximum absolute atomic E-state index is 13.0. The molecule has 2 aromatic rings. The Balaban J connectivity index is 2.07. The summed E-state index contributed by atoms with van der Waals surface area (Å²) in [5.74, 6) is -0.303. The lowest BCUT2D eigenvalue weighted by Crippen LogP contribution is -2.41. The first-order chi connectivity index (χ1) is 12.5. The van der Waals surface area contributed by atoms with Crippen LogP contribution in [0.15, 0.2) is 48.5 Å². The number of benzene rings is 2. The van der Waals surface area contributed by atoms with Crippen LogP contribution >= 0.6 is 0 Å². The van der Waals surface area contributed by atoms with Crippen molar-refractivity contribution in [1.82, 2.24) is 5.32 Å². The third kappa shape index (κ3) is 3.38. The molecule has 26 heavy (non-hydrogen) atoms. The van der Waals surface area contributed by atoms with Crippen LogP contribution < -0.4 is 10.2 Å².